The number of nitrogens with one attached hydrogen (secondary N) is 2. The molecule has 0 aliphatic heterocycles. The van der Waals surface area contributed by atoms with Crippen molar-refractivity contribution in [1.29, 1.82) is 0 Å². The number of para-hydroxylation sites is 1. The van der Waals surface area contributed by atoms with Crippen LogP contribution in [0.15, 0.2) is 60.8 Å². The Morgan fingerprint density at radius 3 is 2.33 bits per heavy atom. The van der Waals surface area contributed by atoms with Crippen molar-refractivity contribution in [2.24, 2.45) is 0 Å². The molecule has 3 rings (SSSR count). The zero-order chi connectivity index (χ0) is 24.2. The molecule has 1 heterocycles. The lowest BCUT2D eigenvalue weighted by atomic mass is 9.86. The molecule has 0 atom stereocenters. The molecular formula is C25H27FN4O3. The van der Waals surface area contributed by atoms with E-state index in [1.807, 2.05) is 24.3 Å². The molecule has 33 heavy (non-hydrogen) atoms. The van der Waals surface area contributed by atoms with Crippen molar-refractivity contribution in [3.8, 4) is 11.6 Å². The van der Waals surface area contributed by atoms with E-state index in [0.29, 0.717) is 11.4 Å². The zero-order valence-corrected chi connectivity index (χ0v) is 19.3. The van der Waals surface area contributed by atoms with Crippen molar-refractivity contribution in [2.75, 3.05) is 24.7 Å². The fraction of sp³-hybridized carbons (Fsp3) is 0.240. The van der Waals surface area contributed by atoms with Crippen LogP contribution in [0, 0.1) is 5.82 Å². The van der Waals surface area contributed by atoms with Gasteiger partial charge in [-0.05, 0) is 41.8 Å². The van der Waals surface area contributed by atoms with Crippen LogP contribution in [0.25, 0.3) is 0 Å². The maximum atomic E-state index is 14.4. The Hall–Kier alpha value is -3.94. The number of urea groups is 1. The minimum absolute atomic E-state index is 0.0627. The summed E-state index contributed by atoms with van der Waals surface area (Å²) in [5.74, 6) is -0.228. The molecule has 0 fully saturated rings. The van der Waals surface area contributed by atoms with E-state index in [-0.39, 0.29) is 28.5 Å². The van der Waals surface area contributed by atoms with Gasteiger partial charge in [0.2, 0.25) is 5.88 Å². The van der Waals surface area contributed by atoms with Crippen LogP contribution in [0.3, 0.4) is 0 Å². The maximum absolute atomic E-state index is 14.4. The van der Waals surface area contributed by atoms with E-state index in [1.165, 1.54) is 17.0 Å². The molecule has 7 nitrogen and oxygen atoms in total. The van der Waals surface area contributed by atoms with Gasteiger partial charge in [0.1, 0.15) is 17.3 Å². The Balaban J connectivity index is 1.77. The number of carbonyl (C=O) groups excluding carboxylic acids is 2. The van der Waals surface area contributed by atoms with Gasteiger partial charge in [-0.25, -0.2) is 14.2 Å². The molecule has 0 saturated heterocycles. The largest absolute Gasteiger partial charge is 0.437 e. The molecule has 0 radical (unpaired) electrons. The Bertz CT molecular complexity index is 1170. The molecule has 1 aromatic heterocycles. The molecule has 172 valence electrons. The van der Waals surface area contributed by atoms with Gasteiger partial charge in [-0.2, -0.15) is 0 Å². The summed E-state index contributed by atoms with van der Waals surface area (Å²) in [4.78, 5) is 30.1. The molecule has 0 spiro atoms. The summed E-state index contributed by atoms with van der Waals surface area (Å²) in [5.41, 5.74) is 1.27. The topological polar surface area (TPSA) is 83.6 Å². The van der Waals surface area contributed by atoms with Crippen molar-refractivity contribution in [3.05, 3.63) is 77.7 Å². The van der Waals surface area contributed by atoms with Gasteiger partial charge in [-0.1, -0.05) is 39.0 Å². The molecule has 0 bridgehead atoms. The third-order valence-corrected chi connectivity index (χ3v) is 4.79. The fourth-order valence-electron chi connectivity index (χ4n) is 3.13. The first kappa shape index (κ1) is 23.7. The normalized spacial score (nSPS) is 11.0. The van der Waals surface area contributed by atoms with E-state index in [9.17, 15) is 14.0 Å². The molecule has 8 heteroatoms. The minimum Gasteiger partial charge on any atom is -0.437 e. The summed E-state index contributed by atoms with van der Waals surface area (Å²) in [5, 5.41) is 5.09. The number of aromatic nitrogens is 1. The smallest absolute Gasteiger partial charge is 0.323 e. The Labute approximate surface area is 192 Å². The molecule has 3 amide bonds. The van der Waals surface area contributed by atoms with Crippen LogP contribution in [-0.4, -0.2) is 35.9 Å². The fourth-order valence-corrected chi connectivity index (χ4v) is 3.13. The Kier molecular flexibility index (Phi) is 6.96. The second-order valence-electron chi connectivity index (χ2n) is 8.68. The number of carbonyl (C=O) groups is 2. The van der Waals surface area contributed by atoms with Crippen molar-refractivity contribution in [3.63, 3.8) is 0 Å². The highest BCUT2D eigenvalue weighted by Crippen LogP contribution is 2.35. The third-order valence-electron chi connectivity index (χ3n) is 4.79. The molecule has 0 saturated carbocycles. The number of benzene rings is 2. The lowest BCUT2D eigenvalue weighted by molar-refractivity contribution is 0.0827. The number of nitrogens with zero attached hydrogens (tertiary/aromatic N) is 2. The monoisotopic (exact) mass is 450 g/mol. The van der Waals surface area contributed by atoms with Crippen molar-refractivity contribution < 1.29 is 18.7 Å². The summed E-state index contributed by atoms with van der Waals surface area (Å²) in [6.07, 6.45) is 1.55. The highest BCUT2D eigenvalue weighted by Gasteiger charge is 2.20. The van der Waals surface area contributed by atoms with Gasteiger partial charge in [0, 0.05) is 31.4 Å². The number of pyridine rings is 1. The first-order valence-corrected chi connectivity index (χ1v) is 10.4. The third kappa shape index (κ3) is 5.85. The van der Waals surface area contributed by atoms with Crippen LogP contribution < -0.4 is 15.4 Å². The van der Waals surface area contributed by atoms with Crippen LogP contribution in [0.5, 0.6) is 11.6 Å². The Morgan fingerprint density at radius 2 is 1.67 bits per heavy atom. The number of hydrogen-bond acceptors (Lipinski definition) is 4. The summed E-state index contributed by atoms with van der Waals surface area (Å²) in [6.45, 7) is 6.23. The van der Waals surface area contributed by atoms with Crippen LogP contribution in [-0.2, 0) is 5.41 Å². The molecule has 3 aromatic rings. The van der Waals surface area contributed by atoms with Gasteiger partial charge in [-0.15, -0.1) is 0 Å². The van der Waals surface area contributed by atoms with Crippen LogP contribution in [0.4, 0.5) is 20.6 Å². The molecule has 0 aliphatic carbocycles. The zero-order valence-electron chi connectivity index (χ0n) is 19.3. The number of hydrogen-bond donors (Lipinski definition) is 2. The first-order chi connectivity index (χ1) is 15.6. The van der Waals surface area contributed by atoms with E-state index in [0.717, 1.165) is 11.6 Å². The number of rotatable bonds is 5. The van der Waals surface area contributed by atoms with Crippen molar-refractivity contribution in [1.82, 2.24) is 9.88 Å². The standard InChI is InChI=1S/C25H27FN4O3/c1-25(2,3)17-9-6-7-11-21(17)33-22-20(10-8-14-27-22)29-24(32)28-19-13-12-16(15-18(19)26)23(31)30(4)5/h6-15H,1-5H3,(H2,28,29,32). The molecular weight excluding hydrogens is 423 g/mol. The second kappa shape index (κ2) is 9.68. The maximum Gasteiger partial charge on any atom is 0.323 e. The Morgan fingerprint density at radius 1 is 0.970 bits per heavy atom. The van der Waals surface area contributed by atoms with Gasteiger partial charge < -0.3 is 20.3 Å². The average Bonchev–Trinajstić information content (AvgIpc) is 2.75. The summed E-state index contributed by atoms with van der Waals surface area (Å²) >= 11 is 0. The van der Waals surface area contributed by atoms with Crippen LogP contribution >= 0.6 is 0 Å². The van der Waals surface area contributed by atoms with Crippen LogP contribution in [0.2, 0.25) is 0 Å². The number of anilines is 2. The quantitative estimate of drug-likeness (QED) is 0.526. The second-order valence-corrected chi connectivity index (χ2v) is 8.68. The predicted octanol–water partition coefficient (Wildman–Crippen LogP) is 5.66. The number of halogens is 1. The summed E-state index contributed by atoms with van der Waals surface area (Å²) in [6, 6.07) is 14.1. The lowest BCUT2D eigenvalue weighted by Gasteiger charge is -2.22. The minimum atomic E-state index is -0.723. The van der Waals surface area contributed by atoms with Gasteiger partial charge in [0.05, 0.1) is 5.69 Å². The summed E-state index contributed by atoms with van der Waals surface area (Å²) in [7, 11) is 3.15. The molecule has 0 unspecified atom stereocenters. The lowest BCUT2D eigenvalue weighted by Crippen LogP contribution is -2.23. The van der Waals surface area contributed by atoms with Gasteiger partial charge >= 0.3 is 6.03 Å². The van der Waals surface area contributed by atoms with Crippen LogP contribution in [0.1, 0.15) is 36.7 Å². The van der Waals surface area contributed by atoms with E-state index in [4.69, 9.17) is 4.74 Å². The molecule has 2 aromatic carbocycles. The highest BCUT2D eigenvalue weighted by molar-refractivity contribution is 6.01. The van der Waals surface area contributed by atoms with E-state index < -0.39 is 11.8 Å². The SMILES string of the molecule is CN(C)C(=O)c1ccc(NC(=O)Nc2cccnc2Oc2ccccc2C(C)(C)C)c(F)c1. The van der Waals surface area contributed by atoms with Gasteiger partial charge in [-0.3, -0.25) is 4.79 Å². The molecule has 2 N–H and O–H groups in total. The van der Waals surface area contributed by atoms with Gasteiger partial charge in [0.25, 0.3) is 5.91 Å². The van der Waals surface area contributed by atoms with E-state index >= 15 is 0 Å². The van der Waals surface area contributed by atoms with Crippen molar-refractivity contribution >= 4 is 23.3 Å². The average molecular weight is 451 g/mol. The molecule has 0 aliphatic rings. The highest BCUT2D eigenvalue weighted by atomic mass is 19.1. The van der Waals surface area contributed by atoms with Gasteiger partial charge in [0.15, 0.2) is 0 Å². The van der Waals surface area contributed by atoms with E-state index in [2.05, 4.69) is 36.4 Å². The van der Waals surface area contributed by atoms with E-state index in [1.54, 1.807) is 32.4 Å². The van der Waals surface area contributed by atoms with Crippen molar-refractivity contribution in [2.45, 2.75) is 26.2 Å². The first-order valence-electron chi connectivity index (χ1n) is 10.4. The summed E-state index contributed by atoms with van der Waals surface area (Å²) < 4.78 is 20.5. The predicted molar refractivity (Wildman–Crippen MR) is 127 cm³/mol. The number of amides is 3. The number of ether oxygens (including phenoxy) is 1.